The standard InChI is InChI=1S/C22H30FN3O2.CH2O2/c1-14-8-16(6-7-19(14)23)11-25-12-17-9-18(13-25)21(10-24-15(2)27)26-20(17)4-3-5-22(26)28;2-1-3/h6-8,17-18,20-21H,3-5,9-13H2,1-2H3,(H,24,27);1H,(H,2,3)/t17-,18+,20+,21+;/m1./s1. The van der Waals surface area contributed by atoms with E-state index in [0.29, 0.717) is 30.4 Å². The largest absolute Gasteiger partial charge is 0.483 e. The van der Waals surface area contributed by atoms with E-state index in [4.69, 9.17) is 9.90 Å². The predicted octanol–water partition coefficient (Wildman–Crippen LogP) is 2.17. The maximum Gasteiger partial charge on any atom is 0.290 e. The molecule has 4 rings (SSSR count). The second-order valence-corrected chi connectivity index (χ2v) is 8.90. The molecule has 170 valence electrons. The average molecular weight is 434 g/mol. The lowest BCUT2D eigenvalue weighted by Gasteiger charge is -2.56. The first-order chi connectivity index (χ1) is 14.8. The molecule has 7 nitrogen and oxygen atoms in total. The molecular weight excluding hydrogens is 401 g/mol. The Kier molecular flexibility index (Phi) is 7.64. The maximum atomic E-state index is 13.6. The Bertz CT molecular complexity index is 818. The Hall–Kier alpha value is -2.48. The first-order valence-electron chi connectivity index (χ1n) is 10.9. The van der Waals surface area contributed by atoms with Gasteiger partial charge in [-0.1, -0.05) is 12.1 Å². The molecule has 0 radical (unpaired) electrons. The van der Waals surface area contributed by atoms with E-state index < -0.39 is 0 Å². The molecule has 3 saturated heterocycles. The van der Waals surface area contributed by atoms with Crippen molar-refractivity contribution >= 4 is 18.3 Å². The summed E-state index contributed by atoms with van der Waals surface area (Å²) in [6.07, 6.45) is 3.77. The number of fused-ring (bicyclic) bond motifs is 4. The summed E-state index contributed by atoms with van der Waals surface area (Å²) < 4.78 is 13.6. The van der Waals surface area contributed by atoms with Gasteiger partial charge in [0.25, 0.3) is 6.47 Å². The van der Waals surface area contributed by atoms with Crippen molar-refractivity contribution < 1.29 is 23.9 Å². The number of halogens is 1. The molecule has 2 N–H and O–H groups in total. The summed E-state index contributed by atoms with van der Waals surface area (Å²) in [5.74, 6) is 0.899. The third-order valence-corrected chi connectivity index (χ3v) is 6.76. The number of carbonyl (C=O) groups is 3. The number of benzene rings is 1. The van der Waals surface area contributed by atoms with Crippen LogP contribution in [0.3, 0.4) is 0 Å². The van der Waals surface area contributed by atoms with Crippen LogP contribution in [0.15, 0.2) is 18.2 Å². The first-order valence-corrected chi connectivity index (χ1v) is 10.9. The molecule has 2 amide bonds. The van der Waals surface area contributed by atoms with Gasteiger partial charge in [0.1, 0.15) is 5.82 Å². The van der Waals surface area contributed by atoms with Crippen molar-refractivity contribution in [2.24, 2.45) is 11.8 Å². The summed E-state index contributed by atoms with van der Waals surface area (Å²) in [6.45, 7) is 6.33. The van der Waals surface area contributed by atoms with Crippen molar-refractivity contribution in [3.63, 3.8) is 0 Å². The van der Waals surface area contributed by atoms with Crippen molar-refractivity contribution in [1.82, 2.24) is 15.1 Å². The van der Waals surface area contributed by atoms with Crippen LogP contribution in [0.4, 0.5) is 4.39 Å². The minimum Gasteiger partial charge on any atom is -0.483 e. The number of nitrogens with one attached hydrogen (secondary N) is 1. The van der Waals surface area contributed by atoms with E-state index in [2.05, 4.69) is 15.1 Å². The topological polar surface area (TPSA) is 90.0 Å². The highest BCUT2D eigenvalue weighted by atomic mass is 19.1. The highest BCUT2D eigenvalue weighted by Crippen LogP contribution is 2.41. The number of nitrogens with zero attached hydrogens (tertiary/aromatic N) is 2. The Morgan fingerprint density at radius 2 is 2.03 bits per heavy atom. The molecule has 2 bridgehead atoms. The van der Waals surface area contributed by atoms with Gasteiger partial charge in [-0.15, -0.1) is 0 Å². The van der Waals surface area contributed by atoms with Crippen LogP contribution in [0.1, 0.15) is 43.7 Å². The van der Waals surface area contributed by atoms with Gasteiger partial charge in [0.15, 0.2) is 0 Å². The number of aryl methyl sites for hydroxylation is 1. The molecule has 1 aromatic carbocycles. The molecule has 0 aromatic heterocycles. The van der Waals surface area contributed by atoms with Crippen molar-refractivity contribution in [2.75, 3.05) is 19.6 Å². The second kappa shape index (κ2) is 10.2. The molecule has 3 aliphatic heterocycles. The van der Waals surface area contributed by atoms with Gasteiger partial charge in [-0.25, -0.2) is 4.39 Å². The SMILES string of the molecule is CC(=O)NC[C@H]1[C@H]2C[C@H](CN(Cc3ccc(F)c(C)c3)C2)[C@@H]2CCCC(=O)N21.O=CO. The maximum absolute atomic E-state index is 13.6. The molecule has 3 fully saturated rings. The van der Waals surface area contributed by atoms with Crippen LogP contribution < -0.4 is 5.32 Å². The van der Waals surface area contributed by atoms with Crippen molar-refractivity contribution in [3.05, 3.63) is 35.1 Å². The number of amides is 2. The lowest BCUT2D eigenvalue weighted by molar-refractivity contribution is -0.153. The molecule has 3 heterocycles. The number of likely N-dealkylation sites (tertiary alicyclic amines) is 1. The third-order valence-electron chi connectivity index (χ3n) is 6.76. The van der Waals surface area contributed by atoms with Gasteiger partial charge in [-0.05, 0) is 55.2 Å². The Balaban J connectivity index is 0.000000858. The van der Waals surface area contributed by atoms with Gasteiger partial charge in [0.2, 0.25) is 11.8 Å². The summed E-state index contributed by atoms with van der Waals surface area (Å²) in [7, 11) is 0. The van der Waals surface area contributed by atoms with Crippen LogP contribution in [0, 0.1) is 24.6 Å². The Labute approximate surface area is 182 Å². The fraction of sp³-hybridized carbons (Fsp3) is 0.609. The van der Waals surface area contributed by atoms with Gasteiger partial charge in [0.05, 0.1) is 6.04 Å². The normalized spacial score (nSPS) is 27.6. The molecular formula is C23H32FN3O4. The van der Waals surface area contributed by atoms with Crippen molar-refractivity contribution in [1.29, 1.82) is 0 Å². The van der Waals surface area contributed by atoms with Crippen molar-refractivity contribution in [2.45, 2.75) is 58.2 Å². The van der Waals surface area contributed by atoms with Crippen molar-refractivity contribution in [3.8, 4) is 0 Å². The molecule has 4 atom stereocenters. The molecule has 0 unspecified atom stereocenters. The molecule has 0 saturated carbocycles. The fourth-order valence-corrected chi connectivity index (χ4v) is 5.58. The lowest BCUT2D eigenvalue weighted by Crippen LogP contribution is -2.66. The van der Waals surface area contributed by atoms with E-state index in [1.807, 2.05) is 12.1 Å². The summed E-state index contributed by atoms with van der Waals surface area (Å²) in [4.78, 5) is 37.2. The van der Waals surface area contributed by atoms with E-state index in [1.54, 1.807) is 13.0 Å². The molecule has 1 aromatic rings. The number of carboxylic acid groups (broad SMARTS) is 1. The molecule has 0 aliphatic carbocycles. The average Bonchev–Trinajstić information content (AvgIpc) is 2.71. The van der Waals surface area contributed by atoms with E-state index in [-0.39, 0.29) is 36.2 Å². The first kappa shape index (κ1) is 23.2. The van der Waals surface area contributed by atoms with E-state index in [9.17, 15) is 14.0 Å². The van der Waals surface area contributed by atoms with Gasteiger partial charge in [-0.2, -0.15) is 0 Å². The smallest absolute Gasteiger partial charge is 0.290 e. The number of hydrogen-bond acceptors (Lipinski definition) is 4. The second-order valence-electron chi connectivity index (χ2n) is 8.90. The summed E-state index contributed by atoms with van der Waals surface area (Å²) in [5, 5.41) is 9.85. The minimum atomic E-state index is -0.250. The van der Waals surface area contributed by atoms with Crippen LogP contribution >= 0.6 is 0 Å². The van der Waals surface area contributed by atoms with E-state index in [1.165, 1.54) is 6.92 Å². The zero-order valence-electron chi connectivity index (χ0n) is 18.2. The molecule has 3 aliphatic rings. The van der Waals surface area contributed by atoms with Crippen LogP contribution in [0.25, 0.3) is 0 Å². The third kappa shape index (κ3) is 5.42. The summed E-state index contributed by atoms with van der Waals surface area (Å²) in [5.41, 5.74) is 1.82. The van der Waals surface area contributed by atoms with Gasteiger partial charge >= 0.3 is 0 Å². The summed E-state index contributed by atoms with van der Waals surface area (Å²) in [6, 6.07) is 5.73. The number of hydrogen-bond donors (Lipinski definition) is 2. The monoisotopic (exact) mass is 433 g/mol. The number of piperidine rings is 3. The molecule has 8 heteroatoms. The Morgan fingerprint density at radius 3 is 2.71 bits per heavy atom. The highest BCUT2D eigenvalue weighted by molar-refractivity contribution is 5.78. The van der Waals surface area contributed by atoms with E-state index >= 15 is 0 Å². The number of rotatable bonds is 4. The van der Waals surface area contributed by atoms with Crippen LogP contribution in [-0.4, -0.2) is 64.9 Å². The van der Waals surface area contributed by atoms with Gasteiger partial charge < -0.3 is 15.3 Å². The van der Waals surface area contributed by atoms with Crippen LogP contribution in [-0.2, 0) is 20.9 Å². The van der Waals surface area contributed by atoms with Gasteiger partial charge in [-0.3, -0.25) is 19.3 Å². The molecule has 31 heavy (non-hydrogen) atoms. The summed E-state index contributed by atoms with van der Waals surface area (Å²) >= 11 is 0. The Morgan fingerprint density at radius 1 is 1.32 bits per heavy atom. The predicted molar refractivity (Wildman–Crippen MR) is 114 cm³/mol. The van der Waals surface area contributed by atoms with Crippen LogP contribution in [0.5, 0.6) is 0 Å². The fourth-order valence-electron chi connectivity index (χ4n) is 5.58. The molecule has 0 spiro atoms. The lowest BCUT2D eigenvalue weighted by atomic mass is 9.72. The zero-order valence-corrected chi connectivity index (χ0v) is 18.2. The minimum absolute atomic E-state index is 0.0439. The number of carbonyl (C=O) groups excluding carboxylic acids is 2. The van der Waals surface area contributed by atoms with E-state index in [0.717, 1.165) is 44.5 Å². The van der Waals surface area contributed by atoms with Gasteiger partial charge in [0, 0.05) is 45.6 Å². The quantitative estimate of drug-likeness (QED) is 0.711. The highest BCUT2D eigenvalue weighted by Gasteiger charge is 2.49. The zero-order chi connectivity index (χ0) is 22.5. The van der Waals surface area contributed by atoms with Crippen LogP contribution in [0.2, 0.25) is 0 Å².